The van der Waals surface area contributed by atoms with Gasteiger partial charge in [0.15, 0.2) is 5.15 Å². The number of carbonyl (C=O) groups excluding carboxylic acids is 1. The van der Waals surface area contributed by atoms with E-state index in [0.717, 1.165) is 0 Å². The van der Waals surface area contributed by atoms with E-state index in [9.17, 15) is 31.1 Å². The summed E-state index contributed by atoms with van der Waals surface area (Å²) in [7, 11) is 0. The van der Waals surface area contributed by atoms with Gasteiger partial charge in [-0.15, -0.1) is 0 Å². The van der Waals surface area contributed by atoms with Gasteiger partial charge in [0, 0.05) is 11.9 Å². The summed E-state index contributed by atoms with van der Waals surface area (Å²) in [6.45, 7) is -0.580. The van der Waals surface area contributed by atoms with E-state index in [0.29, 0.717) is 12.1 Å². The molecule has 0 atom stereocenters. The highest BCUT2D eigenvalue weighted by Gasteiger charge is 2.36. The fourth-order valence-corrected chi connectivity index (χ4v) is 2.08. The van der Waals surface area contributed by atoms with Gasteiger partial charge in [0.1, 0.15) is 0 Å². The monoisotopic (exact) mass is 397 g/mol. The Bertz CT molecular complexity index is 774. The van der Waals surface area contributed by atoms with Crippen molar-refractivity contribution in [3.63, 3.8) is 0 Å². The lowest BCUT2D eigenvalue weighted by Crippen LogP contribution is -2.22. The number of benzene rings is 1. The fraction of sp³-hybridized carbons (Fsp3) is 0.200. The minimum Gasteiger partial charge on any atom is -0.376 e. The van der Waals surface area contributed by atoms with Crippen LogP contribution in [0.4, 0.5) is 37.7 Å². The van der Waals surface area contributed by atoms with Crippen molar-refractivity contribution in [3.8, 4) is 0 Å². The molecule has 0 saturated carbocycles. The molecule has 2 N–H and O–H groups in total. The standard InChI is InChI=1S/C15H10ClF6N3O/c16-13-11(2-1-3-23-13)25-12(26)7-24-10-5-8(14(17,18)19)4-9(6-10)15(20,21)22/h1-6,24H,7H2,(H,25,26). The van der Waals surface area contributed by atoms with E-state index < -0.39 is 41.6 Å². The van der Waals surface area contributed by atoms with Gasteiger partial charge in [-0.3, -0.25) is 4.79 Å². The van der Waals surface area contributed by atoms with Crippen LogP contribution < -0.4 is 10.6 Å². The van der Waals surface area contributed by atoms with Crippen LogP contribution in [0.1, 0.15) is 11.1 Å². The van der Waals surface area contributed by atoms with Crippen LogP contribution >= 0.6 is 11.6 Å². The maximum absolute atomic E-state index is 12.8. The molecular weight excluding hydrogens is 388 g/mol. The predicted molar refractivity (Wildman–Crippen MR) is 82.8 cm³/mol. The van der Waals surface area contributed by atoms with Crippen LogP contribution in [0.25, 0.3) is 0 Å². The number of hydrogen-bond acceptors (Lipinski definition) is 3. The fourth-order valence-electron chi connectivity index (χ4n) is 1.91. The van der Waals surface area contributed by atoms with Gasteiger partial charge in [0.05, 0.1) is 23.4 Å². The molecule has 1 aromatic carbocycles. The van der Waals surface area contributed by atoms with Crippen molar-refractivity contribution in [2.24, 2.45) is 0 Å². The summed E-state index contributed by atoms with van der Waals surface area (Å²) < 4.78 is 76.6. The Morgan fingerprint density at radius 1 is 1.04 bits per heavy atom. The largest absolute Gasteiger partial charge is 0.416 e. The zero-order chi connectivity index (χ0) is 19.5. The first-order chi connectivity index (χ1) is 12.0. The minimum absolute atomic E-state index is 0.000658. The maximum Gasteiger partial charge on any atom is 0.416 e. The van der Waals surface area contributed by atoms with E-state index in [1.807, 2.05) is 0 Å². The van der Waals surface area contributed by atoms with Crippen LogP contribution in [0.15, 0.2) is 36.5 Å². The zero-order valence-corrected chi connectivity index (χ0v) is 13.4. The van der Waals surface area contributed by atoms with Crippen molar-refractivity contribution in [1.29, 1.82) is 0 Å². The first kappa shape index (κ1) is 19.8. The number of nitrogens with zero attached hydrogens (tertiary/aromatic N) is 1. The summed E-state index contributed by atoms with van der Waals surface area (Å²) in [6, 6.07) is 3.89. The second-order valence-electron chi connectivity index (χ2n) is 5.04. The molecule has 0 aliphatic carbocycles. The Morgan fingerprint density at radius 3 is 2.12 bits per heavy atom. The number of hydrogen-bond donors (Lipinski definition) is 2. The molecule has 1 amide bonds. The molecule has 0 radical (unpaired) electrons. The summed E-state index contributed by atoms with van der Waals surface area (Å²) in [4.78, 5) is 15.5. The Morgan fingerprint density at radius 2 is 1.62 bits per heavy atom. The molecule has 1 aromatic heterocycles. The molecule has 0 saturated heterocycles. The summed E-state index contributed by atoms with van der Waals surface area (Å²) in [5.41, 5.74) is -3.31. The van der Waals surface area contributed by atoms with Gasteiger partial charge < -0.3 is 10.6 Å². The van der Waals surface area contributed by atoms with Gasteiger partial charge in [-0.05, 0) is 30.3 Å². The molecule has 4 nitrogen and oxygen atoms in total. The molecule has 11 heteroatoms. The van der Waals surface area contributed by atoms with E-state index in [1.54, 1.807) is 0 Å². The third-order valence-electron chi connectivity index (χ3n) is 3.07. The SMILES string of the molecule is O=C(CNc1cc(C(F)(F)F)cc(C(F)(F)F)c1)Nc1cccnc1Cl. The third-order valence-corrected chi connectivity index (χ3v) is 3.38. The quantitative estimate of drug-likeness (QED) is 0.574. The number of halogens is 7. The highest BCUT2D eigenvalue weighted by atomic mass is 35.5. The van der Waals surface area contributed by atoms with Crippen LogP contribution in [0.2, 0.25) is 5.15 Å². The molecular formula is C15H10ClF6N3O. The van der Waals surface area contributed by atoms with Gasteiger partial charge >= 0.3 is 12.4 Å². The van der Waals surface area contributed by atoms with Gasteiger partial charge in [-0.1, -0.05) is 11.6 Å². The second-order valence-corrected chi connectivity index (χ2v) is 5.40. The lowest BCUT2D eigenvalue weighted by Gasteiger charge is -2.15. The predicted octanol–water partition coefficient (Wildman–Crippen LogP) is 4.82. The van der Waals surface area contributed by atoms with Crippen molar-refractivity contribution >= 4 is 28.9 Å². The normalized spacial score (nSPS) is 12.0. The molecule has 1 heterocycles. The number of nitrogens with one attached hydrogen (secondary N) is 2. The molecule has 0 bridgehead atoms. The topological polar surface area (TPSA) is 54.0 Å². The van der Waals surface area contributed by atoms with E-state index in [1.165, 1.54) is 18.3 Å². The first-order valence-electron chi connectivity index (χ1n) is 6.90. The number of aromatic nitrogens is 1. The third kappa shape index (κ3) is 5.25. The smallest absolute Gasteiger partial charge is 0.376 e. The van der Waals surface area contributed by atoms with E-state index in [2.05, 4.69) is 15.6 Å². The molecule has 0 spiro atoms. The van der Waals surface area contributed by atoms with Crippen molar-refractivity contribution in [3.05, 3.63) is 52.8 Å². The summed E-state index contributed by atoms with van der Waals surface area (Å²) in [5.74, 6) is -0.731. The van der Waals surface area contributed by atoms with Crippen LogP contribution in [-0.2, 0) is 17.1 Å². The number of amides is 1. The van der Waals surface area contributed by atoms with Crippen LogP contribution in [-0.4, -0.2) is 17.4 Å². The molecule has 2 aromatic rings. The number of rotatable bonds is 4. The molecule has 0 unspecified atom stereocenters. The number of anilines is 2. The summed E-state index contributed by atoms with van der Waals surface area (Å²) in [5, 5.41) is 4.55. The van der Waals surface area contributed by atoms with Crippen molar-refractivity contribution in [1.82, 2.24) is 4.98 Å². The molecule has 0 fully saturated rings. The van der Waals surface area contributed by atoms with Crippen molar-refractivity contribution in [2.45, 2.75) is 12.4 Å². The minimum atomic E-state index is -4.97. The second kappa shape index (κ2) is 7.40. The van der Waals surface area contributed by atoms with Gasteiger partial charge in [0.25, 0.3) is 0 Å². The molecule has 140 valence electrons. The highest BCUT2D eigenvalue weighted by molar-refractivity contribution is 6.32. The van der Waals surface area contributed by atoms with E-state index in [4.69, 9.17) is 11.6 Å². The molecule has 2 rings (SSSR count). The average molecular weight is 398 g/mol. The van der Waals surface area contributed by atoms with Gasteiger partial charge in [-0.25, -0.2) is 4.98 Å². The van der Waals surface area contributed by atoms with E-state index in [-0.39, 0.29) is 16.9 Å². The van der Waals surface area contributed by atoms with Crippen molar-refractivity contribution < 1.29 is 31.1 Å². The summed E-state index contributed by atoms with van der Waals surface area (Å²) >= 11 is 5.73. The Kier molecular flexibility index (Phi) is 5.65. The first-order valence-corrected chi connectivity index (χ1v) is 7.28. The zero-order valence-electron chi connectivity index (χ0n) is 12.7. The number of carbonyl (C=O) groups is 1. The molecule has 26 heavy (non-hydrogen) atoms. The van der Waals surface area contributed by atoms with Gasteiger partial charge in [0.2, 0.25) is 5.91 Å². The van der Waals surface area contributed by atoms with Crippen LogP contribution in [0, 0.1) is 0 Å². The molecule has 0 aliphatic heterocycles. The number of alkyl halides is 6. The summed E-state index contributed by atoms with van der Waals surface area (Å²) in [6.07, 6.45) is -8.57. The van der Waals surface area contributed by atoms with E-state index >= 15 is 0 Å². The lowest BCUT2D eigenvalue weighted by molar-refractivity contribution is -0.143. The average Bonchev–Trinajstić information content (AvgIpc) is 2.53. The number of pyridine rings is 1. The Labute approximate surface area is 148 Å². The van der Waals surface area contributed by atoms with Crippen molar-refractivity contribution in [2.75, 3.05) is 17.2 Å². The molecule has 0 aliphatic rings. The highest BCUT2D eigenvalue weighted by Crippen LogP contribution is 2.37. The van der Waals surface area contributed by atoms with Crippen LogP contribution in [0.3, 0.4) is 0 Å². The lowest BCUT2D eigenvalue weighted by atomic mass is 10.1. The van der Waals surface area contributed by atoms with Gasteiger partial charge in [-0.2, -0.15) is 26.3 Å². The Balaban J connectivity index is 2.16. The maximum atomic E-state index is 12.8. The van der Waals surface area contributed by atoms with Crippen LogP contribution in [0.5, 0.6) is 0 Å². The Hall–Kier alpha value is -2.49.